The number of esters is 1. The maximum atomic E-state index is 15.1. The van der Waals surface area contributed by atoms with E-state index in [0.717, 1.165) is 0 Å². The van der Waals surface area contributed by atoms with E-state index < -0.39 is 72.2 Å². The third kappa shape index (κ3) is 6.32. The minimum atomic E-state index is -1.63. The molecule has 7 rings (SSSR count). The van der Waals surface area contributed by atoms with E-state index in [0.29, 0.717) is 28.3 Å². The van der Waals surface area contributed by atoms with Crippen LogP contribution in [0.1, 0.15) is 36.1 Å². The van der Waals surface area contributed by atoms with Crippen molar-refractivity contribution in [3.05, 3.63) is 125 Å². The molecule has 270 valence electrons. The topological polar surface area (TPSA) is 135 Å². The van der Waals surface area contributed by atoms with Gasteiger partial charge in [0.25, 0.3) is 5.91 Å². The van der Waals surface area contributed by atoms with Crippen LogP contribution in [0.15, 0.2) is 109 Å². The average molecular weight is 726 g/mol. The summed E-state index contributed by atoms with van der Waals surface area (Å²) in [6, 6.07) is 22.0. The molecule has 4 heterocycles. The number of carbonyl (C=O) groups excluding carboxylic acids is 4. The molecule has 3 amide bonds. The first-order valence-electron chi connectivity index (χ1n) is 17.4. The molecule has 2 saturated heterocycles. The summed E-state index contributed by atoms with van der Waals surface area (Å²) in [4.78, 5) is 60.8. The van der Waals surface area contributed by atoms with Gasteiger partial charge in [-0.2, -0.15) is 0 Å². The summed E-state index contributed by atoms with van der Waals surface area (Å²) in [5.74, 6) is -4.39. The number of amides is 3. The van der Waals surface area contributed by atoms with Crippen molar-refractivity contribution in [3.63, 3.8) is 0 Å². The van der Waals surface area contributed by atoms with Gasteiger partial charge in [0, 0.05) is 20.1 Å². The first kappa shape index (κ1) is 35.6. The number of fused-ring (bicyclic) bond motifs is 2. The second-order valence-corrected chi connectivity index (χ2v) is 13.8. The second kappa shape index (κ2) is 15.0. The quantitative estimate of drug-likeness (QED) is 0.272. The van der Waals surface area contributed by atoms with Crippen LogP contribution in [-0.4, -0.2) is 84.4 Å². The van der Waals surface area contributed by atoms with Crippen LogP contribution in [0.2, 0.25) is 5.02 Å². The Kier molecular flexibility index (Phi) is 10.3. The van der Waals surface area contributed by atoms with Gasteiger partial charge < -0.3 is 34.4 Å². The van der Waals surface area contributed by atoms with Crippen LogP contribution < -0.4 is 10.2 Å². The fraction of sp³-hybridized carbons (Fsp3) is 0.350. The largest absolute Gasteiger partial charge is 0.455 e. The van der Waals surface area contributed by atoms with E-state index >= 15 is 9.59 Å². The van der Waals surface area contributed by atoms with Gasteiger partial charge in [0.15, 0.2) is 0 Å². The fourth-order valence-corrected chi connectivity index (χ4v) is 8.32. The van der Waals surface area contributed by atoms with E-state index in [4.69, 9.17) is 25.8 Å². The van der Waals surface area contributed by atoms with Crippen molar-refractivity contribution in [3.8, 4) is 0 Å². The molecule has 1 spiro atoms. The number of likely N-dealkylation sites (tertiary alicyclic amines) is 1. The molecule has 3 aromatic rings. The molecule has 12 heteroatoms. The number of anilines is 1. The lowest BCUT2D eigenvalue weighted by Crippen LogP contribution is -2.56. The molecule has 11 nitrogen and oxygen atoms in total. The summed E-state index contributed by atoms with van der Waals surface area (Å²) in [5.41, 5.74) is 0.0484. The molecule has 0 aliphatic carbocycles. The number of para-hydroxylation sites is 1. The van der Waals surface area contributed by atoms with Gasteiger partial charge in [-0.05, 0) is 29.7 Å². The molecule has 4 aliphatic heterocycles. The zero-order chi connectivity index (χ0) is 36.4. The first-order valence-corrected chi connectivity index (χ1v) is 17.8. The maximum Gasteiger partial charge on any atom is 0.313 e. The number of nitrogens with zero attached hydrogens (tertiary/aromatic N) is 2. The van der Waals surface area contributed by atoms with Gasteiger partial charge in [-0.15, -0.1) is 0 Å². The standard InChI is InChI=1S/C40H40ClN3O8/c1-50-24-28-35(26-15-6-3-7-16-26)51-39(49)33-31(19-10-11-20-32(46)42-28)52-40-21-12-22-43(29-18-9-8-17-27(29)41)38(48)36(40)44(37(47)34(33)40)30(23-45)25-13-4-2-5-14-25/h2-10,12-19,21,28,30-31,33-36,45H,11,20,22-24H2,1H3,(H,42,46)/b19-10-/t28-,30-,31-,33+,34+,35-,36-,40+/m1/s1. The number of ether oxygens (including phenoxy) is 3. The molecule has 3 aromatic carbocycles. The molecule has 0 bridgehead atoms. The van der Waals surface area contributed by atoms with Gasteiger partial charge in [-0.3, -0.25) is 19.2 Å². The van der Waals surface area contributed by atoms with E-state index in [2.05, 4.69) is 5.32 Å². The number of benzene rings is 3. The normalized spacial score (nSPS) is 30.2. The lowest BCUT2D eigenvalue weighted by Gasteiger charge is -2.38. The predicted octanol–water partition coefficient (Wildman–Crippen LogP) is 4.32. The molecular formula is C40H40ClN3O8. The maximum absolute atomic E-state index is 15.1. The minimum absolute atomic E-state index is 0.0472. The minimum Gasteiger partial charge on any atom is -0.455 e. The zero-order valence-electron chi connectivity index (χ0n) is 28.5. The molecule has 8 atom stereocenters. The Morgan fingerprint density at radius 2 is 1.67 bits per heavy atom. The highest BCUT2D eigenvalue weighted by Gasteiger charge is 2.73. The summed E-state index contributed by atoms with van der Waals surface area (Å²) in [6.07, 6.45) is 5.43. The molecule has 2 N–H and O–H groups in total. The van der Waals surface area contributed by atoms with Crippen molar-refractivity contribution in [2.24, 2.45) is 11.8 Å². The summed E-state index contributed by atoms with van der Waals surface area (Å²) < 4.78 is 18.7. The van der Waals surface area contributed by atoms with Crippen LogP contribution in [0.5, 0.6) is 0 Å². The van der Waals surface area contributed by atoms with Crippen LogP contribution in [0.3, 0.4) is 0 Å². The van der Waals surface area contributed by atoms with Gasteiger partial charge >= 0.3 is 5.97 Å². The number of allylic oxidation sites excluding steroid dienone is 1. The van der Waals surface area contributed by atoms with Gasteiger partial charge in [0.1, 0.15) is 23.7 Å². The third-order valence-corrected chi connectivity index (χ3v) is 10.7. The van der Waals surface area contributed by atoms with Crippen LogP contribution in [0.4, 0.5) is 5.69 Å². The Bertz CT molecular complexity index is 1870. The van der Waals surface area contributed by atoms with Gasteiger partial charge in [0.05, 0.1) is 48.0 Å². The highest BCUT2D eigenvalue weighted by molar-refractivity contribution is 6.34. The number of aliphatic hydroxyl groups is 1. The Balaban J connectivity index is 1.37. The molecule has 52 heavy (non-hydrogen) atoms. The fourth-order valence-electron chi connectivity index (χ4n) is 8.08. The van der Waals surface area contributed by atoms with E-state index in [1.807, 2.05) is 12.1 Å². The number of rotatable bonds is 7. The van der Waals surface area contributed by atoms with Crippen LogP contribution in [0, 0.1) is 11.8 Å². The van der Waals surface area contributed by atoms with Crippen molar-refractivity contribution in [1.29, 1.82) is 0 Å². The summed E-state index contributed by atoms with van der Waals surface area (Å²) in [6.45, 7) is -0.331. The number of halogens is 1. The molecule has 0 aromatic heterocycles. The Hall–Kier alpha value is -4.81. The molecule has 2 fully saturated rings. The summed E-state index contributed by atoms with van der Waals surface area (Å²) in [7, 11) is 1.50. The number of hydrogen-bond acceptors (Lipinski definition) is 8. The van der Waals surface area contributed by atoms with Gasteiger partial charge in [-0.1, -0.05) is 109 Å². The molecule has 4 aliphatic rings. The van der Waals surface area contributed by atoms with Crippen molar-refractivity contribution in [2.45, 2.75) is 48.8 Å². The van der Waals surface area contributed by atoms with Crippen molar-refractivity contribution in [1.82, 2.24) is 10.2 Å². The lowest BCUT2D eigenvalue weighted by atomic mass is 9.77. The van der Waals surface area contributed by atoms with Crippen LogP contribution in [-0.2, 0) is 33.4 Å². The smallest absolute Gasteiger partial charge is 0.313 e. The van der Waals surface area contributed by atoms with Crippen LogP contribution in [0.25, 0.3) is 0 Å². The molecule has 0 unspecified atom stereocenters. The van der Waals surface area contributed by atoms with E-state index in [9.17, 15) is 14.7 Å². The second-order valence-electron chi connectivity index (χ2n) is 13.4. The van der Waals surface area contributed by atoms with Crippen LogP contribution >= 0.6 is 11.6 Å². The Morgan fingerprint density at radius 3 is 2.38 bits per heavy atom. The van der Waals surface area contributed by atoms with E-state index in [1.165, 1.54) is 16.9 Å². The zero-order valence-corrected chi connectivity index (χ0v) is 29.3. The van der Waals surface area contributed by atoms with Crippen molar-refractivity contribution < 1.29 is 38.5 Å². The SMILES string of the molecule is COC[C@H]1NC(=O)CC/C=C\[C@H]2O[C@]34C=CCN(c5ccccc5Cl)C(=O)[C@H]3N([C@H](CO)c3ccccc3)C(=O)[C@@H]4[C@H]2C(=O)O[C@@H]1c1ccccc1. The first-order chi connectivity index (χ1) is 25.3. The number of carbonyl (C=O) groups is 4. The lowest BCUT2D eigenvalue weighted by molar-refractivity contribution is -0.162. The van der Waals surface area contributed by atoms with Crippen molar-refractivity contribution >= 4 is 41.0 Å². The molecule has 0 radical (unpaired) electrons. The monoisotopic (exact) mass is 725 g/mol. The summed E-state index contributed by atoms with van der Waals surface area (Å²) >= 11 is 6.62. The Labute approximate surface area is 306 Å². The number of cyclic esters (lactones) is 1. The number of methoxy groups -OCH3 is 1. The molecule has 0 saturated carbocycles. The van der Waals surface area contributed by atoms with E-state index in [-0.39, 0.29) is 25.5 Å². The number of hydrogen-bond donors (Lipinski definition) is 2. The highest BCUT2D eigenvalue weighted by atomic mass is 35.5. The van der Waals surface area contributed by atoms with Crippen molar-refractivity contribution in [2.75, 3.05) is 31.8 Å². The summed E-state index contributed by atoms with van der Waals surface area (Å²) in [5, 5.41) is 14.2. The van der Waals surface area contributed by atoms with Gasteiger partial charge in [-0.25, -0.2) is 0 Å². The van der Waals surface area contributed by atoms with Gasteiger partial charge in [0.2, 0.25) is 11.8 Å². The molecular weight excluding hydrogens is 686 g/mol. The third-order valence-electron chi connectivity index (χ3n) is 10.3. The van der Waals surface area contributed by atoms with E-state index in [1.54, 1.807) is 97.1 Å². The average Bonchev–Trinajstić information content (AvgIpc) is 3.54. The Morgan fingerprint density at radius 1 is 0.962 bits per heavy atom. The highest BCUT2D eigenvalue weighted by Crippen LogP contribution is 2.55. The number of nitrogens with one attached hydrogen (secondary N) is 1. The predicted molar refractivity (Wildman–Crippen MR) is 192 cm³/mol. The number of aliphatic hydroxyl groups excluding tert-OH is 1.